The molecule has 0 unspecified atom stereocenters. The van der Waals surface area contributed by atoms with Crippen LogP contribution in [0.2, 0.25) is 0 Å². The summed E-state index contributed by atoms with van der Waals surface area (Å²) < 4.78 is 7.89. The molecule has 2 aromatic heterocycles. The highest BCUT2D eigenvalue weighted by Crippen LogP contribution is 2.34. The van der Waals surface area contributed by atoms with E-state index in [0.29, 0.717) is 12.5 Å². The van der Waals surface area contributed by atoms with Crippen molar-refractivity contribution in [3.05, 3.63) is 59.9 Å². The predicted molar refractivity (Wildman–Crippen MR) is 111 cm³/mol. The molecular formula is C23H30N4O. The molecule has 1 aliphatic rings. The topological polar surface area (TPSA) is 47.1 Å². The maximum atomic E-state index is 5.61. The highest BCUT2D eigenvalue weighted by atomic mass is 16.5. The van der Waals surface area contributed by atoms with Crippen LogP contribution in [0.15, 0.2) is 47.2 Å². The van der Waals surface area contributed by atoms with E-state index in [1.165, 1.54) is 30.6 Å². The number of imidazole rings is 1. The fourth-order valence-electron chi connectivity index (χ4n) is 4.30. The average molecular weight is 379 g/mol. The Bertz CT molecular complexity index is 883. The van der Waals surface area contributed by atoms with Gasteiger partial charge in [-0.1, -0.05) is 55.8 Å². The van der Waals surface area contributed by atoms with Gasteiger partial charge in [-0.2, -0.15) is 0 Å². The summed E-state index contributed by atoms with van der Waals surface area (Å²) >= 11 is 0. The molecule has 1 aliphatic heterocycles. The van der Waals surface area contributed by atoms with Gasteiger partial charge in [0.1, 0.15) is 0 Å². The van der Waals surface area contributed by atoms with Crippen LogP contribution in [-0.2, 0) is 13.0 Å². The first kappa shape index (κ1) is 18.9. The summed E-state index contributed by atoms with van der Waals surface area (Å²) in [6.07, 6.45) is 6.46. The summed E-state index contributed by atoms with van der Waals surface area (Å²) in [6, 6.07) is 12.6. The molecule has 4 rings (SSSR count). The molecule has 0 radical (unpaired) electrons. The summed E-state index contributed by atoms with van der Waals surface area (Å²) in [5.74, 6) is 1.40. The second-order valence-corrected chi connectivity index (χ2v) is 7.74. The first-order valence-electron chi connectivity index (χ1n) is 10.6. The molecule has 5 heteroatoms. The molecule has 0 saturated carbocycles. The van der Waals surface area contributed by atoms with Gasteiger partial charge in [0.2, 0.25) is 0 Å². The van der Waals surface area contributed by atoms with Crippen molar-refractivity contribution in [2.45, 2.75) is 52.0 Å². The van der Waals surface area contributed by atoms with E-state index < -0.39 is 0 Å². The van der Waals surface area contributed by atoms with Crippen molar-refractivity contribution in [1.29, 1.82) is 0 Å². The first-order valence-corrected chi connectivity index (χ1v) is 10.6. The molecule has 1 fully saturated rings. The van der Waals surface area contributed by atoms with Gasteiger partial charge in [0, 0.05) is 24.1 Å². The minimum Gasteiger partial charge on any atom is -0.359 e. The van der Waals surface area contributed by atoms with Crippen LogP contribution in [0.1, 0.15) is 56.2 Å². The molecule has 0 N–H and O–H groups in total. The van der Waals surface area contributed by atoms with Crippen LogP contribution in [0.5, 0.6) is 0 Å². The van der Waals surface area contributed by atoms with E-state index in [0.717, 1.165) is 43.1 Å². The zero-order chi connectivity index (χ0) is 19.3. The fourth-order valence-corrected chi connectivity index (χ4v) is 4.30. The van der Waals surface area contributed by atoms with E-state index >= 15 is 0 Å². The number of benzene rings is 1. The van der Waals surface area contributed by atoms with E-state index in [2.05, 4.69) is 64.9 Å². The third-order valence-corrected chi connectivity index (χ3v) is 5.70. The summed E-state index contributed by atoms with van der Waals surface area (Å²) in [5, 5.41) is 4.22. The predicted octanol–water partition coefficient (Wildman–Crippen LogP) is 4.74. The van der Waals surface area contributed by atoms with Crippen molar-refractivity contribution in [3.8, 4) is 11.3 Å². The molecule has 5 nitrogen and oxygen atoms in total. The standard InChI is InChI=1S/C23H30N4O/c1-3-9-20-14-21(28-25-20)16-27-17-24-22(18-10-6-5-7-11-18)23(27)19-12-8-13-26(4-2)15-19/h5-7,10-11,14,17,19H,3-4,8-9,12-13,15-16H2,1-2H3/t19-/m0/s1. The number of hydrogen-bond acceptors (Lipinski definition) is 4. The molecule has 1 saturated heterocycles. The van der Waals surface area contributed by atoms with Crippen LogP contribution in [0, 0.1) is 0 Å². The first-order chi connectivity index (χ1) is 13.8. The molecular weight excluding hydrogens is 348 g/mol. The van der Waals surface area contributed by atoms with Gasteiger partial charge >= 0.3 is 0 Å². The summed E-state index contributed by atoms with van der Waals surface area (Å²) in [4.78, 5) is 7.38. The Balaban J connectivity index is 1.68. The van der Waals surface area contributed by atoms with Crippen LogP contribution < -0.4 is 0 Å². The Hall–Kier alpha value is -2.40. The fraction of sp³-hybridized carbons (Fsp3) is 0.478. The lowest BCUT2D eigenvalue weighted by Crippen LogP contribution is -2.35. The zero-order valence-electron chi connectivity index (χ0n) is 17.0. The van der Waals surface area contributed by atoms with E-state index in [1.54, 1.807) is 0 Å². The number of aromatic nitrogens is 3. The Morgan fingerprint density at radius 3 is 2.82 bits per heavy atom. The van der Waals surface area contributed by atoms with Crippen LogP contribution in [-0.4, -0.2) is 39.2 Å². The number of nitrogens with zero attached hydrogens (tertiary/aromatic N) is 4. The third kappa shape index (κ3) is 4.04. The van der Waals surface area contributed by atoms with E-state index in [9.17, 15) is 0 Å². The number of likely N-dealkylation sites (N-methyl/N-ethyl adjacent to an activating group) is 1. The van der Waals surface area contributed by atoms with Crippen molar-refractivity contribution in [2.24, 2.45) is 0 Å². The lowest BCUT2D eigenvalue weighted by atomic mass is 9.91. The van der Waals surface area contributed by atoms with Crippen LogP contribution in [0.4, 0.5) is 0 Å². The quantitative estimate of drug-likeness (QED) is 0.596. The summed E-state index contributed by atoms with van der Waals surface area (Å²) in [5.41, 5.74) is 4.67. The van der Waals surface area contributed by atoms with Crippen molar-refractivity contribution >= 4 is 0 Å². The number of piperidine rings is 1. The third-order valence-electron chi connectivity index (χ3n) is 5.70. The largest absolute Gasteiger partial charge is 0.359 e. The van der Waals surface area contributed by atoms with Gasteiger partial charge in [-0.05, 0) is 32.4 Å². The van der Waals surface area contributed by atoms with Gasteiger partial charge in [0.15, 0.2) is 5.76 Å². The number of rotatable bonds is 7. The van der Waals surface area contributed by atoms with Gasteiger partial charge in [-0.3, -0.25) is 0 Å². The second-order valence-electron chi connectivity index (χ2n) is 7.74. The molecule has 0 aliphatic carbocycles. The Kier molecular flexibility index (Phi) is 5.91. The van der Waals surface area contributed by atoms with Crippen molar-refractivity contribution < 1.29 is 4.52 Å². The minimum atomic E-state index is 0.490. The highest BCUT2D eigenvalue weighted by molar-refractivity contribution is 5.62. The Morgan fingerprint density at radius 2 is 2.04 bits per heavy atom. The molecule has 1 aromatic carbocycles. The number of aryl methyl sites for hydroxylation is 1. The normalized spacial score (nSPS) is 17.9. The maximum Gasteiger partial charge on any atom is 0.156 e. The Labute approximate surface area is 167 Å². The Morgan fingerprint density at radius 1 is 1.18 bits per heavy atom. The molecule has 0 bridgehead atoms. The zero-order valence-corrected chi connectivity index (χ0v) is 17.0. The van der Waals surface area contributed by atoms with Crippen molar-refractivity contribution in [1.82, 2.24) is 19.6 Å². The SMILES string of the molecule is CCCc1cc(Cn2cnc(-c3ccccc3)c2[C@H]2CCCN(CC)C2)on1. The number of likely N-dealkylation sites (tertiary alicyclic amines) is 1. The van der Waals surface area contributed by atoms with Gasteiger partial charge in [0.05, 0.1) is 30.0 Å². The molecule has 0 spiro atoms. The molecule has 1 atom stereocenters. The molecule has 3 aromatic rings. The van der Waals surface area contributed by atoms with Gasteiger partial charge < -0.3 is 14.0 Å². The van der Waals surface area contributed by atoms with Crippen molar-refractivity contribution in [2.75, 3.05) is 19.6 Å². The van der Waals surface area contributed by atoms with Crippen LogP contribution in [0.25, 0.3) is 11.3 Å². The lowest BCUT2D eigenvalue weighted by Gasteiger charge is -2.32. The van der Waals surface area contributed by atoms with Gasteiger partial charge in [0.25, 0.3) is 0 Å². The second kappa shape index (κ2) is 8.74. The molecule has 0 amide bonds. The van der Waals surface area contributed by atoms with Crippen LogP contribution >= 0.6 is 0 Å². The lowest BCUT2D eigenvalue weighted by molar-refractivity contribution is 0.214. The van der Waals surface area contributed by atoms with E-state index in [-0.39, 0.29) is 0 Å². The number of hydrogen-bond donors (Lipinski definition) is 0. The molecule has 28 heavy (non-hydrogen) atoms. The van der Waals surface area contributed by atoms with Gasteiger partial charge in [-0.25, -0.2) is 4.98 Å². The van der Waals surface area contributed by atoms with E-state index in [1.807, 2.05) is 6.33 Å². The summed E-state index contributed by atoms with van der Waals surface area (Å²) in [6.45, 7) is 8.50. The van der Waals surface area contributed by atoms with E-state index in [4.69, 9.17) is 9.51 Å². The smallest absolute Gasteiger partial charge is 0.156 e. The molecule has 148 valence electrons. The average Bonchev–Trinajstić information content (AvgIpc) is 3.36. The highest BCUT2D eigenvalue weighted by Gasteiger charge is 2.27. The van der Waals surface area contributed by atoms with Crippen molar-refractivity contribution in [3.63, 3.8) is 0 Å². The maximum absolute atomic E-state index is 5.61. The molecule has 3 heterocycles. The monoisotopic (exact) mass is 378 g/mol. The van der Waals surface area contributed by atoms with Gasteiger partial charge in [-0.15, -0.1) is 0 Å². The minimum absolute atomic E-state index is 0.490. The summed E-state index contributed by atoms with van der Waals surface area (Å²) in [7, 11) is 0. The van der Waals surface area contributed by atoms with Crippen LogP contribution in [0.3, 0.4) is 0 Å².